The van der Waals surface area contributed by atoms with E-state index in [1.54, 1.807) is 44.6 Å². The Morgan fingerprint density at radius 3 is 1.67 bits per heavy atom. The van der Waals surface area contributed by atoms with E-state index in [2.05, 4.69) is 10.1 Å². The molecule has 0 aliphatic rings. The summed E-state index contributed by atoms with van der Waals surface area (Å²) in [6, 6.07) is 31.1. The third kappa shape index (κ3) is 11.5. The van der Waals surface area contributed by atoms with Gasteiger partial charge in [0.25, 0.3) is 5.91 Å². The van der Waals surface area contributed by atoms with E-state index in [0.717, 1.165) is 51.8 Å². The topological polar surface area (TPSA) is 183 Å². The number of hydrogen-bond acceptors (Lipinski definition) is 9. The second-order valence-electron chi connectivity index (χ2n) is 12.4. The summed E-state index contributed by atoms with van der Waals surface area (Å²) in [4.78, 5) is 35.9. The molecule has 306 valence electrons. The van der Waals surface area contributed by atoms with Gasteiger partial charge in [-0.15, -0.1) is 0 Å². The molecule has 58 heavy (non-hydrogen) atoms. The number of methoxy groups -OCH3 is 3. The highest BCUT2D eigenvalue weighted by atomic mass is 35.5. The zero-order valence-corrected chi connectivity index (χ0v) is 32.8. The Hall–Kier alpha value is -6.10. The van der Waals surface area contributed by atoms with E-state index in [4.69, 9.17) is 26.8 Å². The summed E-state index contributed by atoms with van der Waals surface area (Å²) in [7, 11) is -1.25. The van der Waals surface area contributed by atoms with Crippen molar-refractivity contribution >= 4 is 45.2 Å². The van der Waals surface area contributed by atoms with E-state index in [1.807, 2.05) is 66.7 Å². The van der Waals surface area contributed by atoms with Crippen LogP contribution in [0.2, 0.25) is 5.02 Å². The number of para-hydroxylation sites is 2. The van der Waals surface area contributed by atoms with Crippen LogP contribution < -0.4 is 25.2 Å². The number of carboxylic acid groups (broad SMARTS) is 1. The number of carbonyl (C=O) groups is 3. The number of halogens is 4. The van der Waals surface area contributed by atoms with Crippen LogP contribution in [0.4, 0.5) is 18.9 Å². The van der Waals surface area contributed by atoms with Gasteiger partial charge in [0.1, 0.15) is 23.6 Å². The number of nitrogens with one attached hydrogen (secondary N) is 2. The molecule has 0 bridgehead atoms. The number of alkyl halides is 3. The molecule has 0 spiro atoms. The fraction of sp³-hybridized carbons (Fsp3) is 0.195. The Morgan fingerprint density at radius 1 is 0.741 bits per heavy atom. The summed E-state index contributed by atoms with van der Waals surface area (Å²) in [5.41, 5.74) is 4.35. The number of hydrogen-bond donors (Lipinski definition) is 4. The summed E-state index contributed by atoms with van der Waals surface area (Å²) in [5.74, 6) is -1.30. The highest BCUT2D eigenvalue weighted by Gasteiger charge is 2.46. The largest absolute Gasteiger partial charge is 0.516 e. The molecule has 1 amide bonds. The van der Waals surface area contributed by atoms with Crippen molar-refractivity contribution < 1.29 is 55.3 Å². The predicted octanol–water partition coefficient (Wildman–Crippen LogP) is 7.11. The van der Waals surface area contributed by atoms with Crippen LogP contribution >= 0.6 is 11.6 Å². The number of anilines is 1. The van der Waals surface area contributed by atoms with Gasteiger partial charge in [-0.05, 0) is 52.9 Å². The molecule has 0 saturated heterocycles. The number of ether oxygens (including phenoxy) is 3. The van der Waals surface area contributed by atoms with E-state index >= 15 is 0 Å². The van der Waals surface area contributed by atoms with Crippen molar-refractivity contribution in [2.24, 2.45) is 5.73 Å². The Kier molecular flexibility index (Phi) is 15.3. The van der Waals surface area contributed by atoms with Crippen LogP contribution in [0.3, 0.4) is 0 Å². The molecule has 0 aliphatic heterocycles. The molecule has 5 N–H and O–H groups in total. The number of benzene rings is 5. The van der Waals surface area contributed by atoms with Gasteiger partial charge in [-0.3, -0.25) is 14.3 Å². The average Bonchev–Trinajstić information content (AvgIpc) is 3.21. The Morgan fingerprint density at radius 2 is 1.22 bits per heavy atom. The summed E-state index contributed by atoms with van der Waals surface area (Å²) in [5, 5.41) is 11.3. The SMILES string of the molecule is COC(=O)[C@H](N)Cc1ccc(-c2ccccc2OC)cc1.COc1ccccc1-c1ccc(C[C@@H](NC(=O)c2cccc(NS(=O)(=O)C(F)(F)F)c2Cl)C(=O)O)cc1. The normalized spacial score (nSPS) is 12.2. The van der Waals surface area contributed by atoms with Crippen LogP contribution in [0.25, 0.3) is 22.3 Å². The molecule has 0 saturated carbocycles. The van der Waals surface area contributed by atoms with E-state index in [-0.39, 0.29) is 6.42 Å². The third-order valence-electron chi connectivity index (χ3n) is 8.54. The lowest BCUT2D eigenvalue weighted by atomic mass is 10.00. The smallest absolute Gasteiger partial charge is 0.496 e. The predicted molar refractivity (Wildman–Crippen MR) is 213 cm³/mol. The minimum Gasteiger partial charge on any atom is -0.496 e. The van der Waals surface area contributed by atoms with Gasteiger partial charge in [0.15, 0.2) is 0 Å². The molecule has 0 fully saturated rings. The van der Waals surface area contributed by atoms with Crippen molar-refractivity contribution in [2.75, 3.05) is 26.1 Å². The summed E-state index contributed by atoms with van der Waals surface area (Å²) < 4.78 is 77.5. The standard InChI is InChI=1S/C24H20ClF3N2O6S.C17H19NO3/c1-36-20-8-3-2-5-16(20)15-11-9-14(10-12-15)13-19(23(32)33)29-22(31)17-6-4-7-18(21(17)25)30-37(34,35)24(26,27)28;1-20-16-6-4-3-5-14(16)13-9-7-12(8-10-13)11-15(18)17(19)21-2/h2-12,19,30H,13H2,1H3,(H,29,31)(H,32,33);3-10,15H,11,18H2,1-2H3/t19-;15-/m11/s1. The summed E-state index contributed by atoms with van der Waals surface area (Å²) >= 11 is 5.97. The monoisotopic (exact) mass is 841 g/mol. The van der Waals surface area contributed by atoms with Gasteiger partial charge >= 0.3 is 27.5 Å². The molecule has 2 atom stereocenters. The van der Waals surface area contributed by atoms with Crippen molar-refractivity contribution in [1.82, 2.24) is 5.32 Å². The maximum atomic E-state index is 12.7. The first-order valence-corrected chi connectivity index (χ1v) is 19.0. The van der Waals surface area contributed by atoms with Gasteiger partial charge in [-0.1, -0.05) is 103 Å². The molecule has 0 aromatic heterocycles. The van der Waals surface area contributed by atoms with Gasteiger partial charge in [0.2, 0.25) is 0 Å². The maximum absolute atomic E-state index is 12.7. The van der Waals surface area contributed by atoms with Crippen molar-refractivity contribution in [3.63, 3.8) is 0 Å². The van der Waals surface area contributed by atoms with Crippen molar-refractivity contribution in [2.45, 2.75) is 30.4 Å². The number of carbonyl (C=O) groups excluding carboxylic acids is 2. The fourth-order valence-electron chi connectivity index (χ4n) is 5.56. The molecule has 17 heteroatoms. The summed E-state index contributed by atoms with van der Waals surface area (Å²) in [6.45, 7) is 0. The zero-order chi connectivity index (χ0) is 42.6. The average molecular weight is 842 g/mol. The third-order valence-corrected chi connectivity index (χ3v) is 10.0. The fourth-order valence-corrected chi connectivity index (χ4v) is 6.45. The zero-order valence-electron chi connectivity index (χ0n) is 31.2. The molecule has 5 aromatic carbocycles. The number of carboxylic acids is 1. The first kappa shape index (κ1) is 44.6. The first-order valence-electron chi connectivity index (χ1n) is 17.2. The van der Waals surface area contributed by atoms with Gasteiger partial charge in [0.05, 0.1) is 37.6 Å². The highest BCUT2D eigenvalue weighted by Crippen LogP contribution is 2.33. The number of nitrogens with two attached hydrogens (primary N) is 1. The molecule has 0 aliphatic carbocycles. The number of sulfonamides is 1. The minimum absolute atomic E-state index is 0.120. The molecule has 0 heterocycles. The Balaban J connectivity index is 0.000000299. The van der Waals surface area contributed by atoms with Gasteiger partial charge < -0.3 is 30.4 Å². The quantitative estimate of drug-likeness (QED) is 0.0841. The number of amides is 1. The molecule has 12 nitrogen and oxygen atoms in total. The second kappa shape index (κ2) is 19.9. The Labute approximate surface area is 337 Å². The van der Waals surface area contributed by atoms with Crippen molar-refractivity contribution in [3.8, 4) is 33.8 Å². The van der Waals surface area contributed by atoms with E-state index in [1.165, 1.54) is 11.8 Å². The van der Waals surface area contributed by atoms with E-state index in [0.29, 0.717) is 17.7 Å². The molecular formula is C41H39ClF3N3O9S. The molecule has 5 aromatic rings. The lowest BCUT2D eigenvalue weighted by Crippen LogP contribution is -2.42. The van der Waals surface area contributed by atoms with Crippen molar-refractivity contribution in [1.29, 1.82) is 0 Å². The van der Waals surface area contributed by atoms with Crippen LogP contribution in [0.5, 0.6) is 11.5 Å². The summed E-state index contributed by atoms with van der Waals surface area (Å²) in [6.07, 6.45) is 0.337. The molecular weight excluding hydrogens is 803 g/mol. The van der Waals surface area contributed by atoms with Gasteiger partial charge in [-0.2, -0.15) is 21.6 Å². The lowest BCUT2D eigenvalue weighted by Gasteiger charge is -2.17. The maximum Gasteiger partial charge on any atom is 0.516 e. The van der Waals surface area contributed by atoms with Crippen LogP contribution in [0.1, 0.15) is 21.5 Å². The number of aliphatic carboxylic acids is 1. The minimum atomic E-state index is -5.79. The van der Waals surface area contributed by atoms with E-state index in [9.17, 15) is 41.1 Å². The first-order chi connectivity index (χ1) is 27.5. The lowest BCUT2D eigenvalue weighted by molar-refractivity contribution is -0.142. The van der Waals surface area contributed by atoms with Crippen molar-refractivity contribution in [3.05, 3.63) is 137 Å². The van der Waals surface area contributed by atoms with E-state index < -0.39 is 61.7 Å². The van der Waals surface area contributed by atoms with Crippen LogP contribution in [0.15, 0.2) is 115 Å². The van der Waals surface area contributed by atoms with Crippen LogP contribution in [-0.4, -0.2) is 70.3 Å². The molecule has 0 radical (unpaired) electrons. The Bertz CT molecular complexity index is 2330. The molecule has 0 unspecified atom stereocenters. The van der Waals surface area contributed by atoms with Gasteiger partial charge in [0, 0.05) is 17.5 Å². The number of esters is 1. The van der Waals surface area contributed by atoms with Crippen LogP contribution in [-0.2, 0) is 37.2 Å². The highest BCUT2D eigenvalue weighted by molar-refractivity contribution is 7.93. The molecule has 5 rings (SSSR count). The van der Waals surface area contributed by atoms with Crippen LogP contribution in [0, 0.1) is 0 Å². The van der Waals surface area contributed by atoms with Gasteiger partial charge in [-0.25, -0.2) is 4.79 Å². The second-order valence-corrected chi connectivity index (χ2v) is 14.5. The number of rotatable bonds is 14.